The van der Waals surface area contributed by atoms with E-state index in [1.165, 1.54) is 5.56 Å². The van der Waals surface area contributed by atoms with Crippen LogP contribution in [0.3, 0.4) is 0 Å². The van der Waals surface area contributed by atoms with E-state index >= 15 is 0 Å². The molecule has 6 heteroatoms. The summed E-state index contributed by atoms with van der Waals surface area (Å²) in [7, 11) is 0. The summed E-state index contributed by atoms with van der Waals surface area (Å²) in [6.45, 7) is 1.79. The van der Waals surface area contributed by atoms with Gasteiger partial charge in [-0.25, -0.2) is 4.98 Å². The Morgan fingerprint density at radius 2 is 2.12 bits per heavy atom. The van der Waals surface area contributed by atoms with Gasteiger partial charge >= 0.3 is 0 Å². The lowest BCUT2D eigenvalue weighted by Crippen LogP contribution is -2.39. The number of amides is 1. The zero-order chi connectivity index (χ0) is 18.1. The minimum atomic E-state index is -0.370. The fourth-order valence-electron chi connectivity index (χ4n) is 3.67. The van der Waals surface area contributed by atoms with Crippen LogP contribution in [-0.4, -0.2) is 20.4 Å². The number of hydrogen-bond donors (Lipinski definition) is 2. The van der Waals surface area contributed by atoms with Gasteiger partial charge in [0.25, 0.3) is 11.5 Å². The quantitative estimate of drug-likeness (QED) is 0.763. The van der Waals surface area contributed by atoms with Gasteiger partial charge in [-0.2, -0.15) is 0 Å². The van der Waals surface area contributed by atoms with E-state index in [0.717, 1.165) is 24.1 Å². The third kappa shape index (κ3) is 2.94. The second-order valence-corrected chi connectivity index (χ2v) is 6.65. The predicted molar refractivity (Wildman–Crippen MR) is 98.0 cm³/mol. The molecule has 0 unspecified atom stereocenters. The molecular formula is C20H20N4O2. The van der Waals surface area contributed by atoms with E-state index in [-0.39, 0.29) is 29.1 Å². The van der Waals surface area contributed by atoms with Crippen LogP contribution in [0.1, 0.15) is 45.7 Å². The predicted octanol–water partition coefficient (Wildman–Crippen LogP) is 2.54. The molecule has 2 aromatic heterocycles. The number of H-pyrrole nitrogens is 1. The molecule has 2 heterocycles. The van der Waals surface area contributed by atoms with Crippen molar-refractivity contribution < 1.29 is 4.79 Å². The summed E-state index contributed by atoms with van der Waals surface area (Å²) >= 11 is 0. The van der Waals surface area contributed by atoms with E-state index in [2.05, 4.69) is 21.4 Å². The first-order chi connectivity index (χ1) is 12.6. The molecule has 0 radical (unpaired) electrons. The first-order valence-electron chi connectivity index (χ1n) is 8.69. The van der Waals surface area contributed by atoms with Gasteiger partial charge in [0.1, 0.15) is 5.56 Å². The maximum atomic E-state index is 12.8. The molecule has 4 rings (SSSR count). The average molecular weight is 348 g/mol. The standard InChI is InChI=1S/C20H20N4O2/c1-13-6-8-16(19(25)22-13)20(26)23-18-15-5-3-2-4-14(15)7-9-17(18)24-11-10-21-12-24/h2-6,8,10-12,17-18H,7,9H2,1H3,(H,22,25)(H,23,26)/t17-,18-/m0/s1. The fraction of sp³-hybridized carbons (Fsp3) is 0.250. The number of aromatic nitrogens is 3. The van der Waals surface area contributed by atoms with Crippen LogP contribution in [0.15, 0.2) is 59.9 Å². The van der Waals surface area contributed by atoms with Gasteiger partial charge in [0.15, 0.2) is 0 Å². The molecule has 1 amide bonds. The van der Waals surface area contributed by atoms with Gasteiger partial charge in [-0.05, 0) is 43.0 Å². The molecule has 2 atom stereocenters. The van der Waals surface area contributed by atoms with E-state index < -0.39 is 0 Å². The van der Waals surface area contributed by atoms with Crippen molar-refractivity contribution in [1.82, 2.24) is 19.9 Å². The Morgan fingerprint density at radius 1 is 1.27 bits per heavy atom. The molecule has 1 aromatic carbocycles. The first-order valence-corrected chi connectivity index (χ1v) is 8.69. The summed E-state index contributed by atoms with van der Waals surface area (Å²) in [6, 6.07) is 11.3. The highest BCUT2D eigenvalue weighted by Gasteiger charge is 2.32. The molecule has 0 fully saturated rings. The van der Waals surface area contributed by atoms with Gasteiger partial charge in [-0.1, -0.05) is 24.3 Å². The number of carbonyl (C=O) groups excluding carboxylic acids is 1. The number of imidazole rings is 1. The summed E-state index contributed by atoms with van der Waals surface area (Å²) in [5.74, 6) is -0.363. The number of carbonyl (C=O) groups is 1. The van der Waals surface area contributed by atoms with Crippen molar-refractivity contribution >= 4 is 5.91 Å². The lowest BCUT2D eigenvalue weighted by Gasteiger charge is -2.35. The molecule has 1 aliphatic carbocycles. The molecule has 0 spiro atoms. The van der Waals surface area contributed by atoms with Crippen molar-refractivity contribution in [1.29, 1.82) is 0 Å². The molecule has 26 heavy (non-hydrogen) atoms. The molecule has 1 aliphatic rings. The number of benzene rings is 1. The molecule has 0 saturated carbocycles. The topological polar surface area (TPSA) is 79.8 Å². The Balaban J connectivity index is 1.70. The molecule has 0 aliphatic heterocycles. The van der Waals surface area contributed by atoms with Gasteiger partial charge in [-0.3, -0.25) is 9.59 Å². The van der Waals surface area contributed by atoms with Crippen LogP contribution in [0, 0.1) is 6.92 Å². The van der Waals surface area contributed by atoms with Gasteiger partial charge in [0, 0.05) is 18.1 Å². The van der Waals surface area contributed by atoms with Gasteiger partial charge in [-0.15, -0.1) is 0 Å². The second kappa shape index (κ2) is 6.63. The SMILES string of the molecule is Cc1ccc(C(=O)N[C@H]2c3ccccc3CC[C@@H]2n2ccnc2)c(=O)[nH]1. The van der Waals surface area contributed by atoms with E-state index in [0.29, 0.717) is 0 Å². The Morgan fingerprint density at radius 3 is 2.88 bits per heavy atom. The zero-order valence-corrected chi connectivity index (χ0v) is 14.5. The molecule has 0 saturated heterocycles. The molecule has 0 bridgehead atoms. The maximum Gasteiger partial charge on any atom is 0.260 e. The molecule has 2 N–H and O–H groups in total. The van der Waals surface area contributed by atoms with Crippen LogP contribution in [0.5, 0.6) is 0 Å². The van der Waals surface area contributed by atoms with Crippen LogP contribution >= 0.6 is 0 Å². The average Bonchev–Trinajstić information content (AvgIpc) is 3.16. The van der Waals surface area contributed by atoms with E-state index in [4.69, 9.17) is 0 Å². The fourth-order valence-corrected chi connectivity index (χ4v) is 3.67. The van der Waals surface area contributed by atoms with Crippen molar-refractivity contribution in [3.63, 3.8) is 0 Å². The number of fused-ring (bicyclic) bond motifs is 1. The zero-order valence-electron chi connectivity index (χ0n) is 14.5. The third-order valence-electron chi connectivity index (χ3n) is 4.98. The monoisotopic (exact) mass is 348 g/mol. The van der Waals surface area contributed by atoms with E-state index in [1.54, 1.807) is 31.6 Å². The largest absolute Gasteiger partial charge is 0.343 e. The van der Waals surface area contributed by atoms with Crippen LogP contribution in [0.4, 0.5) is 0 Å². The maximum absolute atomic E-state index is 12.8. The molecular weight excluding hydrogens is 328 g/mol. The summed E-state index contributed by atoms with van der Waals surface area (Å²) in [6.07, 6.45) is 7.26. The lowest BCUT2D eigenvalue weighted by molar-refractivity contribution is 0.0916. The summed E-state index contributed by atoms with van der Waals surface area (Å²) in [5, 5.41) is 3.08. The summed E-state index contributed by atoms with van der Waals surface area (Å²) in [4.78, 5) is 31.8. The van der Waals surface area contributed by atoms with E-state index in [1.807, 2.05) is 29.0 Å². The minimum Gasteiger partial charge on any atom is -0.343 e. The Bertz CT molecular complexity index is 991. The van der Waals surface area contributed by atoms with E-state index in [9.17, 15) is 9.59 Å². The first kappa shape index (κ1) is 16.3. The highest BCUT2D eigenvalue weighted by molar-refractivity contribution is 5.94. The number of aryl methyl sites for hydroxylation is 2. The van der Waals surface area contributed by atoms with Crippen molar-refractivity contribution in [3.05, 3.63) is 87.9 Å². The van der Waals surface area contributed by atoms with Crippen molar-refractivity contribution in [2.45, 2.75) is 31.8 Å². The number of rotatable bonds is 3. The number of nitrogens with one attached hydrogen (secondary N) is 2. The molecule has 3 aromatic rings. The Labute approximate surface area is 150 Å². The highest BCUT2D eigenvalue weighted by Crippen LogP contribution is 2.37. The number of pyridine rings is 1. The number of aromatic amines is 1. The summed E-state index contributed by atoms with van der Waals surface area (Å²) < 4.78 is 2.03. The van der Waals surface area contributed by atoms with Crippen LogP contribution in [-0.2, 0) is 6.42 Å². The Kier molecular flexibility index (Phi) is 4.16. The van der Waals surface area contributed by atoms with Crippen LogP contribution in [0.25, 0.3) is 0 Å². The Hall–Kier alpha value is -3.15. The normalized spacial score (nSPS) is 19.0. The number of hydrogen-bond acceptors (Lipinski definition) is 3. The summed E-state index contributed by atoms with van der Waals surface area (Å²) in [5.41, 5.74) is 2.81. The van der Waals surface area contributed by atoms with Gasteiger partial charge in [0.05, 0.1) is 18.4 Å². The lowest BCUT2D eigenvalue weighted by atomic mass is 9.83. The second-order valence-electron chi connectivity index (χ2n) is 6.65. The van der Waals surface area contributed by atoms with Crippen molar-refractivity contribution in [2.75, 3.05) is 0 Å². The minimum absolute atomic E-state index is 0.0564. The van der Waals surface area contributed by atoms with Crippen molar-refractivity contribution in [3.8, 4) is 0 Å². The van der Waals surface area contributed by atoms with Crippen LogP contribution in [0.2, 0.25) is 0 Å². The molecule has 6 nitrogen and oxygen atoms in total. The highest BCUT2D eigenvalue weighted by atomic mass is 16.2. The van der Waals surface area contributed by atoms with Crippen LogP contribution < -0.4 is 10.9 Å². The molecule has 132 valence electrons. The number of nitrogens with zero attached hydrogens (tertiary/aromatic N) is 2. The third-order valence-corrected chi connectivity index (χ3v) is 4.98. The van der Waals surface area contributed by atoms with Crippen molar-refractivity contribution in [2.24, 2.45) is 0 Å². The smallest absolute Gasteiger partial charge is 0.260 e. The van der Waals surface area contributed by atoms with Gasteiger partial charge < -0.3 is 14.9 Å². The van der Waals surface area contributed by atoms with Gasteiger partial charge in [0.2, 0.25) is 0 Å².